The Morgan fingerprint density at radius 1 is 1.12 bits per heavy atom. The molecule has 41 heavy (non-hydrogen) atoms. The number of rotatable bonds is 13. The summed E-state index contributed by atoms with van der Waals surface area (Å²) < 4.78 is 32.8. The van der Waals surface area contributed by atoms with Crippen molar-refractivity contribution in [1.29, 1.82) is 0 Å². The van der Waals surface area contributed by atoms with Gasteiger partial charge in [0.15, 0.2) is 0 Å². The molecule has 1 fully saturated rings. The molecule has 1 unspecified atom stereocenters. The summed E-state index contributed by atoms with van der Waals surface area (Å²) in [5.41, 5.74) is 2.69. The lowest BCUT2D eigenvalue weighted by Crippen LogP contribution is -2.44. The van der Waals surface area contributed by atoms with Crippen LogP contribution in [0, 0.1) is 17.8 Å². The number of ether oxygens (including phenoxy) is 1. The van der Waals surface area contributed by atoms with Crippen molar-refractivity contribution in [3.8, 4) is 16.9 Å². The molecular formula is C34H41F2N3O2. The third kappa shape index (κ3) is 8.21. The molecule has 1 amide bonds. The highest BCUT2D eigenvalue weighted by Gasteiger charge is 2.36. The van der Waals surface area contributed by atoms with Crippen molar-refractivity contribution in [3.63, 3.8) is 0 Å². The zero-order valence-electron chi connectivity index (χ0n) is 24.5. The van der Waals surface area contributed by atoms with E-state index in [4.69, 9.17) is 4.74 Å². The largest absolute Gasteiger partial charge is 0.491 e. The highest BCUT2D eigenvalue weighted by Crippen LogP contribution is 2.36. The molecule has 2 aromatic heterocycles. The van der Waals surface area contributed by atoms with Crippen LogP contribution in [0.25, 0.3) is 11.1 Å². The number of amides is 1. The molecule has 0 spiro atoms. The predicted molar refractivity (Wildman–Crippen MR) is 160 cm³/mol. The monoisotopic (exact) mass is 561 g/mol. The standard InChI is InChI=1S/C34H41F2N3O2/c1-6-25(8-7-9-30-13-12-29(21-38-30)34(5,35)36)22-39(33(40)28-18-24(4)19-28)32-20-27(16-17-37-32)26-10-14-31(15-11-26)41-23(2)3/h6,10-17,20-21,23-25,28H,1,7-9,18-19,22H2,2-5H3/t24-,25?,28-. The molecular weight excluding hydrogens is 520 g/mol. The van der Waals surface area contributed by atoms with Gasteiger partial charge in [0.1, 0.15) is 11.6 Å². The Bertz CT molecular complexity index is 1300. The average Bonchev–Trinajstić information content (AvgIpc) is 2.93. The minimum atomic E-state index is -2.90. The van der Waals surface area contributed by atoms with Gasteiger partial charge in [-0.2, -0.15) is 0 Å². The molecule has 1 atom stereocenters. The van der Waals surface area contributed by atoms with E-state index in [0.717, 1.165) is 55.2 Å². The molecule has 1 aliphatic rings. The Kier molecular flexibility index (Phi) is 9.90. The second kappa shape index (κ2) is 13.4. The normalized spacial score (nSPS) is 17.5. The van der Waals surface area contributed by atoms with Gasteiger partial charge < -0.3 is 4.74 Å². The van der Waals surface area contributed by atoms with Gasteiger partial charge >= 0.3 is 0 Å². The summed E-state index contributed by atoms with van der Waals surface area (Å²) in [5.74, 6) is -0.723. The third-order valence-electron chi connectivity index (χ3n) is 7.66. The van der Waals surface area contributed by atoms with Crippen LogP contribution in [0.5, 0.6) is 5.75 Å². The quantitative estimate of drug-likeness (QED) is 0.197. The maximum absolute atomic E-state index is 13.7. The van der Waals surface area contributed by atoms with Crippen molar-refractivity contribution in [2.75, 3.05) is 11.4 Å². The molecule has 4 rings (SSSR count). The van der Waals surface area contributed by atoms with Crippen LogP contribution in [-0.4, -0.2) is 28.5 Å². The number of pyridine rings is 2. The molecule has 1 saturated carbocycles. The number of benzene rings is 1. The number of carbonyl (C=O) groups is 1. The summed E-state index contributed by atoms with van der Waals surface area (Å²) in [6.45, 7) is 11.6. The first-order valence-electron chi connectivity index (χ1n) is 14.5. The van der Waals surface area contributed by atoms with Crippen LogP contribution in [0.2, 0.25) is 0 Å². The van der Waals surface area contributed by atoms with Crippen molar-refractivity contribution in [3.05, 3.63) is 84.8 Å². The van der Waals surface area contributed by atoms with Crippen molar-refractivity contribution in [2.24, 2.45) is 17.8 Å². The van der Waals surface area contributed by atoms with E-state index in [1.807, 2.05) is 61.2 Å². The molecule has 5 nitrogen and oxygen atoms in total. The minimum Gasteiger partial charge on any atom is -0.491 e. The van der Waals surface area contributed by atoms with E-state index in [0.29, 0.717) is 24.7 Å². The number of hydrogen-bond donors (Lipinski definition) is 0. The van der Waals surface area contributed by atoms with Gasteiger partial charge in [0.2, 0.25) is 5.91 Å². The van der Waals surface area contributed by atoms with E-state index < -0.39 is 5.92 Å². The Labute approximate surface area is 242 Å². The summed E-state index contributed by atoms with van der Waals surface area (Å²) >= 11 is 0. The Hall–Kier alpha value is -3.61. The second-order valence-corrected chi connectivity index (χ2v) is 11.6. The molecule has 218 valence electrons. The molecule has 3 aromatic rings. The zero-order valence-corrected chi connectivity index (χ0v) is 24.5. The number of nitrogens with zero attached hydrogens (tertiary/aromatic N) is 3. The molecule has 0 bridgehead atoms. The van der Waals surface area contributed by atoms with E-state index in [1.165, 1.54) is 12.3 Å². The molecule has 7 heteroatoms. The first kappa shape index (κ1) is 30.4. The van der Waals surface area contributed by atoms with Crippen LogP contribution in [0.1, 0.15) is 64.6 Å². The van der Waals surface area contributed by atoms with Gasteiger partial charge in [-0.05, 0) is 105 Å². The second-order valence-electron chi connectivity index (χ2n) is 11.6. The van der Waals surface area contributed by atoms with Crippen LogP contribution in [0.3, 0.4) is 0 Å². The molecule has 0 aliphatic heterocycles. The molecule has 0 saturated heterocycles. The van der Waals surface area contributed by atoms with Gasteiger partial charge in [-0.25, -0.2) is 13.8 Å². The molecule has 0 N–H and O–H groups in total. The maximum Gasteiger partial charge on any atom is 0.272 e. The van der Waals surface area contributed by atoms with Crippen LogP contribution < -0.4 is 9.64 Å². The zero-order chi connectivity index (χ0) is 29.6. The number of carbonyl (C=O) groups excluding carboxylic acids is 1. The summed E-state index contributed by atoms with van der Waals surface area (Å²) in [7, 11) is 0. The molecule has 1 aliphatic carbocycles. The van der Waals surface area contributed by atoms with Crippen molar-refractivity contribution >= 4 is 11.7 Å². The first-order chi connectivity index (χ1) is 19.5. The fourth-order valence-corrected chi connectivity index (χ4v) is 5.26. The fourth-order valence-electron chi connectivity index (χ4n) is 5.26. The van der Waals surface area contributed by atoms with Crippen LogP contribution >= 0.6 is 0 Å². The van der Waals surface area contributed by atoms with E-state index in [2.05, 4.69) is 23.5 Å². The van der Waals surface area contributed by atoms with Gasteiger partial charge in [0, 0.05) is 43.0 Å². The number of halogens is 2. The van der Waals surface area contributed by atoms with Crippen LogP contribution in [0.4, 0.5) is 14.6 Å². The summed E-state index contributed by atoms with van der Waals surface area (Å²) in [6, 6.07) is 15.0. The SMILES string of the molecule is C=CC(CCCc1ccc(C(C)(F)F)cn1)CN(c1cc(-c2ccc(OC(C)C)cc2)ccn1)C(=O)[C@H]1C[C@H](C)C1. The number of hydrogen-bond acceptors (Lipinski definition) is 4. The van der Waals surface area contributed by atoms with Gasteiger partial charge in [-0.1, -0.05) is 25.1 Å². The summed E-state index contributed by atoms with van der Waals surface area (Å²) in [6.07, 6.45) is 9.05. The summed E-state index contributed by atoms with van der Waals surface area (Å²) in [4.78, 5) is 24.4. The number of alkyl halides is 2. The highest BCUT2D eigenvalue weighted by atomic mass is 19.3. The highest BCUT2D eigenvalue weighted by molar-refractivity contribution is 5.95. The predicted octanol–water partition coefficient (Wildman–Crippen LogP) is 8.25. The number of aryl methyl sites for hydroxylation is 1. The average molecular weight is 562 g/mol. The lowest BCUT2D eigenvalue weighted by atomic mass is 9.75. The van der Waals surface area contributed by atoms with Crippen LogP contribution in [0.15, 0.2) is 73.6 Å². The third-order valence-corrected chi connectivity index (χ3v) is 7.66. The first-order valence-corrected chi connectivity index (χ1v) is 14.5. The number of anilines is 1. The van der Waals surface area contributed by atoms with Crippen molar-refractivity contribution in [1.82, 2.24) is 9.97 Å². The lowest BCUT2D eigenvalue weighted by molar-refractivity contribution is -0.126. The molecule has 1 aromatic carbocycles. The molecule has 2 heterocycles. The van der Waals surface area contributed by atoms with E-state index >= 15 is 0 Å². The van der Waals surface area contributed by atoms with Crippen LogP contribution in [-0.2, 0) is 17.1 Å². The van der Waals surface area contributed by atoms with Crippen molar-refractivity contribution < 1.29 is 18.3 Å². The minimum absolute atomic E-state index is 0.00722. The summed E-state index contributed by atoms with van der Waals surface area (Å²) in [5, 5.41) is 0. The Morgan fingerprint density at radius 2 is 1.85 bits per heavy atom. The van der Waals surface area contributed by atoms with E-state index in [9.17, 15) is 13.6 Å². The number of aromatic nitrogens is 2. The maximum atomic E-state index is 13.7. The van der Waals surface area contributed by atoms with Gasteiger partial charge in [0.25, 0.3) is 5.92 Å². The van der Waals surface area contributed by atoms with Gasteiger partial charge in [0.05, 0.1) is 6.10 Å². The van der Waals surface area contributed by atoms with Crippen molar-refractivity contribution in [2.45, 2.75) is 71.8 Å². The molecule has 0 radical (unpaired) electrons. The smallest absolute Gasteiger partial charge is 0.272 e. The Balaban J connectivity index is 1.47. The Morgan fingerprint density at radius 3 is 2.44 bits per heavy atom. The lowest BCUT2D eigenvalue weighted by Gasteiger charge is -2.36. The van der Waals surface area contributed by atoms with Gasteiger partial charge in [-0.3, -0.25) is 14.7 Å². The van der Waals surface area contributed by atoms with Gasteiger partial charge in [-0.15, -0.1) is 6.58 Å². The van der Waals surface area contributed by atoms with E-state index in [-0.39, 0.29) is 29.4 Å². The fraction of sp³-hybridized carbons (Fsp3) is 0.441. The topological polar surface area (TPSA) is 55.3 Å². The van der Waals surface area contributed by atoms with E-state index in [1.54, 1.807) is 12.3 Å².